The van der Waals surface area contributed by atoms with E-state index >= 15 is 0 Å². The minimum Gasteiger partial charge on any atom is -0.492 e. The van der Waals surface area contributed by atoms with E-state index in [-0.39, 0.29) is 16.4 Å². The van der Waals surface area contributed by atoms with Crippen molar-refractivity contribution in [3.05, 3.63) is 23.8 Å². The number of rotatable bonds is 5. The highest BCUT2D eigenvalue weighted by atomic mass is 32.2. The number of hydrogen-bond acceptors (Lipinski definition) is 3. The largest absolute Gasteiger partial charge is 0.492 e. The first kappa shape index (κ1) is 16.3. The predicted octanol–water partition coefficient (Wildman–Crippen LogP) is 3.21. The highest BCUT2D eigenvalue weighted by molar-refractivity contribution is 7.89. The van der Waals surface area contributed by atoms with Gasteiger partial charge < -0.3 is 4.74 Å². The van der Waals surface area contributed by atoms with Crippen LogP contribution in [0.2, 0.25) is 0 Å². The van der Waals surface area contributed by atoms with Crippen LogP contribution in [0.5, 0.6) is 5.75 Å². The van der Waals surface area contributed by atoms with E-state index < -0.39 is 10.0 Å². The Kier molecular flexibility index (Phi) is 4.63. The molecule has 1 aromatic carbocycles. The molecule has 0 bridgehead atoms. The molecule has 0 aliphatic heterocycles. The van der Waals surface area contributed by atoms with E-state index in [1.165, 1.54) is 0 Å². The minimum absolute atomic E-state index is 0.0720. The van der Waals surface area contributed by atoms with Gasteiger partial charge in [-0.15, -0.1) is 0 Å². The normalized spacial score (nSPS) is 16.6. The zero-order valence-electron chi connectivity index (χ0n) is 13.3. The lowest BCUT2D eigenvalue weighted by molar-refractivity contribution is 0.329. The molecule has 5 heteroatoms. The van der Waals surface area contributed by atoms with Crippen molar-refractivity contribution in [1.29, 1.82) is 0 Å². The van der Waals surface area contributed by atoms with E-state index in [9.17, 15) is 8.42 Å². The number of ether oxygens (including phenoxy) is 1. The molecule has 1 aliphatic rings. The van der Waals surface area contributed by atoms with Crippen molar-refractivity contribution in [2.45, 2.75) is 63.3 Å². The lowest BCUT2D eigenvalue weighted by atomic mass is 9.87. The third-order valence-electron chi connectivity index (χ3n) is 3.83. The molecular formula is C16H25NO3S. The molecule has 0 unspecified atom stereocenters. The van der Waals surface area contributed by atoms with Gasteiger partial charge in [-0.3, -0.25) is 0 Å². The average molecular weight is 311 g/mol. The van der Waals surface area contributed by atoms with E-state index in [1.54, 1.807) is 12.1 Å². The fraction of sp³-hybridized carbons (Fsp3) is 0.625. The summed E-state index contributed by atoms with van der Waals surface area (Å²) in [5.74, 6) is 0.428. The second kappa shape index (κ2) is 5.97. The summed E-state index contributed by atoms with van der Waals surface area (Å²) in [7, 11) is -3.53. The Morgan fingerprint density at radius 1 is 1.29 bits per heavy atom. The number of sulfonamides is 1. The van der Waals surface area contributed by atoms with Crippen molar-refractivity contribution in [2.24, 2.45) is 0 Å². The summed E-state index contributed by atoms with van der Waals surface area (Å²) in [6, 6.07) is 5.52. The van der Waals surface area contributed by atoms with Crippen molar-refractivity contribution >= 4 is 10.0 Å². The van der Waals surface area contributed by atoms with Crippen LogP contribution in [0.4, 0.5) is 0 Å². The van der Waals surface area contributed by atoms with Crippen LogP contribution in [0.15, 0.2) is 23.1 Å². The zero-order chi connectivity index (χ0) is 15.7. The summed E-state index contributed by atoms with van der Waals surface area (Å²) < 4.78 is 33.5. The van der Waals surface area contributed by atoms with Gasteiger partial charge in [-0.2, -0.15) is 0 Å². The molecule has 1 aliphatic carbocycles. The summed E-state index contributed by atoms with van der Waals surface area (Å²) in [4.78, 5) is 0.253. The Morgan fingerprint density at radius 2 is 1.95 bits per heavy atom. The second-order valence-corrected chi connectivity index (χ2v) is 8.28. The first-order valence-corrected chi connectivity index (χ1v) is 9.02. The Bertz CT molecular complexity index is 598. The molecule has 0 aromatic heterocycles. The Hall–Kier alpha value is -1.07. The van der Waals surface area contributed by atoms with Gasteiger partial charge in [-0.25, -0.2) is 13.1 Å². The molecule has 0 atom stereocenters. The molecule has 0 heterocycles. The lowest BCUT2D eigenvalue weighted by Crippen LogP contribution is -2.39. The van der Waals surface area contributed by atoms with Gasteiger partial charge in [0.05, 0.1) is 6.61 Å². The summed E-state index contributed by atoms with van der Waals surface area (Å²) in [6.45, 7) is 8.50. The van der Waals surface area contributed by atoms with Gasteiger partial charge in [0.1, 0.15) is 10.6 Å². The van der Waals surface area contributed by atoms with Gasteiger partial charge in [-0.05, 0) is 42.9 Å². The fourth-order valence-corrected chi connectivity index (χ4v) is 3.74. The van der Waals surface area contributed by atoms with E-state index in [1.807, 2.05) is 13.0 Å². The van der Waals surface area contributed by atoms with Gasteiger partial charge >= 0.3 is 0 Å². The van der Waals surface area contributed by atoms with Crippen molar-refractivity contribution in [2.75, 3.05) is 6.61 Å². The van der Waals surface area contributed by atoms with Crippen LogP contribution in [-0.2, 0) is 15.4 Å². The van der Waals surface area contributed by atoms with Crippen molar-refractivity contribution < 1.29 is 13.2 Å². The smallest absolute Gasteiger partial charge is 0.244 e. The Labute approximate surface area is 127 Å². The average Bonchev–Trinajstić information content (AvgIpc) is 2.33. The maximum Gasteiger partial charge on any atom is 0.244 e. The minimum atomic E-state index is -3.53. The third-order valence-corrected chi connectivity index (χ3v) is 5.37. The highest BCUT2D eigenvalue weighted by Gasteiger charge is 2.28. The molecular weight excluding hydrogens is 286 g/mol. The Balaban J connectivity index is 2.42. The van der Waals surface area contributed by atoms with Crippen LogP contribution in [0, 0.1) is 0 Å². The summed E-state index contributed by atoms with van der Waals surface area (Å²) in [5.41, 5.74) is 0.880. The third kappa shape index (κ3) is 3.77. The maximum atomic E-state index is 12.6. The lowest BCUT2D eigenvalue weighted by Gasteiger charge is -2.27. The van der Waals surface area contributed by atoms with Crippen LogP contribution in [0.25, 0.3) is 0 Å². The SMILES string of the molecule is CCOc1ccc(C(C)(C)C)cc1S(=O)(=O)NC1CCC1. The van der Waals surface area contributed by atoms with Crippen LogP contribution < -0.4 is 9.46 Å². The zero-order valence-corrected chi connectivity index (χ0v) is 14.1. The van der Waals surface area contributed by atoms with Gasteiger partial charge in [-0.1, -0.05) is 33.3 Å². The molecule has 1 saturated carbocycles. The summed E-state index contributed by atoms with van der Waals surface area (Å²) >= 11 is 0. The first-order valence-electron chi connectivity index (χ1n) is 7.53. The van der Waals surface area contributed by atoms with E-state index in [2.05, 4.69) is 25.5 Å². The van der Waals surface area contributed by atoms with E-state index in [4.69, 9.17) is 4.74 Å². The second-order valence-electron chi connectivity index (χ2n) is 6.59. The van der Waals surface area contributed by atoms with Crippen LogP contribution in [-0.4, -0.2) is 21.1 Å². The number of benzene rings is 1. The molecule has 4 nitrogen and oxygen atoms in total. The van der Waals surface area contributed by atoms with Gasteiger partial charge in [0.2, 0.25) is 10.0 Å². The quantitative estimate of drug-likeness (QED) is 0.908. The number of nitrogens with one attached hydrogen (secondary N) is 1. The summed E-state index contributed by atoms with van der Waals surface area (Å²) in [5, 5.41) is 0. The molecule has 1 N–H and O–H groups in total. The van der Waals surface area contributed by atoms with Gasteiger partial charge in [0, 0.05) is 6.04 Å². The Morgan fingerprint density at radius 3 is 2.43 bits per heavy atom. The molecule has 0 radical (unpaired) electrons. The first-order chi connectivity index (χ1) is 9.74. The van der Waals surface area contributed by atoms with Crippen molar-refractivity contribution in [3.8, 4) is 5.75 Å². The molecule has 0 spiro atoms. The van der Waals surface area contributed by atoms with Crippen LogP contribution in [0.3, 0.4) is 0 Å². The predicted molar refractivity (Wildman–Crippen MR) is 84.3 cm³/mol. The highest BCUT2D eigenvalue weighted by Crippen LogP contribution is 2.32. The molecule has 118 valence electrons. The molecule has 1 fully saturated rings. The molecule has 1 aromatic rings. The molecule has 21 heavy (non-hydrogen) atoms. The molecule has 0 amide bonds. The molecule has 0 saturated heterocycles. The van der Waals surface area contributed by atoms with Crippen molar-refractivity contribution in [3.63, 3.8) is 0 Å². The standard InChI is InChI=1S/C16H25NO3S/c1-5-20-14-10-9-12(16(2,3)4)11-15(14)21(18,19)17-13-7-6-8-13/h9-11,13,17H,5-8H2,1-4H3. The maximum absolute atomic E-state index is 12.6. The molecule has 2 rings (SSSR count). The monoisotopic (exact) mass is 311 g/mol. The van der Waals surface area contributed by atoms with Crippen molar-refractivity contribution in [1.82, 2.24) is 4.72 Å². The summed E-state index contributed by atoms with van der Waals surface area (Å²) in [6.07, 6.45) is 2.93. The van der Waals surface area contributed by atoms with E-state index in [0.717, 1.165) is 24.8 Å². The van der Waals surface area contributed by atoms with Gasteiger partial charge in [0.15, 0.2) is 0 Å². The van der Waals surface area contributed by atoms with Crippen LogP contribution >= 0.6 is 0 Å². The van der Waals surface area contributed by atoms with Crippen LogP contribution in [0.1, 0.15) is 52.5 Å². The topological polar surface area (TPSA) is 55.4 Å². The number of hydrogen-bond donors (Lipinski definition) is 1. The van der Waals surface area contributed by atoms with Gasteiger partial charge in [0.25, 0.3) is 0 Å². The fourth-order valence-electron chi connectivity index (χ4n) is 2.27. The van der Waals surface area contributed by atoms with E-state index in [0.29, 0.717) is 12.4 Å².